The molecule has 3 unspecified atom stereocenters. The van der Waals surface area contributed by atoms with E-state index < -0.39 is 0 Å². The molecule has 3 atom stereocenters. The van der Waals surface area contributed by atoms with Crippen molar-refractivity contribution < 1.29 is 4.79 Å². The van der Waals surface area contributed by atoms with E-state index in [0.717, 1.165) is 38.1 Å². The van der Waals surface area contributed by atoms with Crippen LogP contribution in [0.3, 0.4) is 0 Å². The fourth-order valence-corrected chi connectivity index (χ4v) is 3.53. The van der Waals surface area contributed by atoms with E-state index in [1.54, 1.807) is 0 Å². The van der Waals surface area contributed by atoms with Crippen LogP contribution in [0, 0.1) is 5.92 Å². The SMILES string of the molecule is CC1CN(C(=O)C2CCC(N)C2)CCS1. The molecule has 2 rings (SSSR count). The zero-order valence-corrected chi connectivity index (χ0v) is 10.1. The summed E-state index contributed by atoms with van der Waals surface area (Å²) in [5.41, 5.74) is 5.84. The van der Waals surface area contributed by atoms with E-state index in [1.807, 2.05) is 16.7 Å². The van der Waals surface area contributed by atoms with Crippen molar-refractivity contribution in [2.45, 2.75) is 37.5 Å². The van der Waals surface area contributed by atoms with Gasteiger partial charge in [0.25, 0.3) is 0 Å². The topological polar surface area (TPSA) is 46.3 Å². The van der Waals surface area contributed by atoms with Crippen LogP contribution in [0.1, 0.15) is 26.2 Å². The molecule has 0 aromatic rings. The summed E-state index contributed by atoms with van der Waals surface area (Å²) < 4.78 is 0. The molecule has 0 bridgehead atoms. The van der Waals surface area contributed by atoms with Gasteiger partial charge < -0.3 is 10.6 Å². The van der Waals surface area contributed by atoms with E-state index in [1.165, 1.54) is 0 Å². The van der Waals surface area contributed by atoms with E-state index in [4.69, 9.17) is 5.73 Å². The maximum absolute atomic E-state index is 12.2. The monoisotopic (exact) mass is 228 g/mol. The number of amides is 1. The lowest BCUT2D eigenvalue weighted by molar-refractivity contribution is -0.135. The van der Waals surface area contributed by atoms with Gasteiger partial charge in [0.1, 0.15) is 0 Å². The zero-order chi connectivity index (χ0) is 10.8. The summed E-state index contributed by atoms with van der Waals surface area (Å²) in [7, 11) is 0. The molecule has 2 fully saturated rings. The van der Waals surface area contributed by atoms with E-state index >= 15 is 0 Å². The molecule has 1 amide bonds. The molecule has 15 heavy (non-hydrogen) atoms. The van der Waals surface area contributed by atoms with E-state index in [-0.39, 0.29) is 12.0 Å². The van der Waals surface area contributed by atoms with Gasteiger partial charge in [-0.25, -0.2) is 0 Å². The summed E-state index contributed by atoms with van der Waals surface area (Å²) in [6.45, 7) is 4.05. The summed E-state index contributed by atoms with van der Waals surface area (Å²) in [4.78, 5) is 14.2. The van der Waals surface area contributed by atoms with Crippen LogP contribution in [-0.4, -0.2) is 40.9 Å². The van der Waals surface area contributed by atoms with Gasteiger partial charge in [-0.3, -0.25) is 4.79 Å². The first-order valence-corrected chi connectivity index (χ1v) is 6.87. The first kappa shape index (κ1) is 11.3. The fraction of sp³-hybridized carbons (Fsp3) is 0.909. The van der Waals surface area contributed by atoms with Crippen molar-refractivity contribution in [3.8, 4) is 0 Å². The molecule has 1 aliphatic carbocycles. The standard InChI is InChI=1S/C11H20N2OS/c1-8-7-13(4-5-15-8)11(14)9-2-3-10(12)6-9/h8-10H,2-7,12H2,1H3. The van der Waals surface area contributed by atoms with Crippen molar-refractivity contribution in [2.75, 3.05) is 18.8 Å². The number of nitrogens with zero attached hydrogens (tertiary/aromatic N) is 1. The van der Waals surface area contributed by atoms with Crippen molar-refractivity contribution in [1.29, 1.82) is 0 Å². The number of hydrogen-bond acceptors (Lipinski definition) is 3. The molecule has 0 aromatic carbocycles. The van der Waals surface area contributed by atoms with Crippen molar-refractivity contribution in [1.82, 2.24) is 4.90 Å². The molecule has 0 spiro atoms. The summed E-state index contributed by atoms with van der Waals surface area (Å²) in [5.74, 6) is 1.66. The lowest BCUT2D eigenvalue weighted by Gasteiger charge is -2.32. The second kappa shape index (κ2) is 4.74. The molecule has 1 heterocycles. The number of nitrogens with two attached hydrogens (primary N) is 1. The summed E-state index contributed by atoms with van der Waals surface area (Å²) in [6, 6.07) is 0.260. The van der Waals surface area contributed by atoms with Gasteiger partial charge in [0.05, 0.1) is 0 Å². The Kier molecular flexibility index (Phi) is 3.57. The summed E-state index contributed by atoms with van der Waals surface area (Å²) in [6.07, 6.45) is 2.92. The Labute approximate surface area is 95.8 Å². The molecule has 2 aliphatic rings. The fourth-order valence-electron chi connectivity index (χ4n) is 2.52. The number of hydrogen-bond donors (Lipinski definition) is 1. The van der Waals surface area contributed by atoms with Gasteiger partial charge in [-0.15, -0.1) is 0 Å². The third-order valence-corrected chi connectivity index (χ3v) is 4.51. The van der Waals surface area contributed by atoms with Crippen LogP contribution in [0.2, 0.25) is 0 Å². The highest BCUT2D eigenvalue weighted by Gasteiger charge is 2.32. The summed E-state index contributed by atoms with van der Waals surface area (Å²) >= 11 is 1.96. The molecule has 4 heteroatoms. The van der Waals surface area contributed by atoms with E-state index in [0.29, 0.717) is 11.2 Å². The predicted molar refractivity (Wildman–Crippen MR) is 63.8 cm³/mol. The van der Waals surface area contributed by atoms with Crippen LogP contribution < -0.4 is 5.73 Å². The summed E-state index contributed by atoms with van der Waals surface area (Å²) in [5, 5.41) is 0.595. The third kappa shape index (κ3) is 2.67. The van der Waals surface area contributed by atoms with Crippen molar-refractivity contribution in [3.05, 3.63) is 0 Å². The first-order valence-electron chi connectivity index (χ1n) is 5.83. The molecular weight excluding hydrogens is 208 g/mol. The number of carbonyl (C=O) groups is 1. The minimum absolute atomic E-state index is 0.218. The van der Waals surface area contributed by atoms with Crippen molar-refractivity contribution in [3.63, 3.8) is 0 Å². The minimum atomic E-state index is 0.218. The number of carbonyl (C=O) groups excluding carboxylic acids is 1. The highest BCUT2D eigenvalue weighted by Crippen LogP contribution is 2.28. The van der Waals surface area contributed by atoms with Gasteiger partial charge >= 0.3 is 0 Å². The van der Waals surface area contributed by atoms with Crippen LogP contribution in [-0.2, 0) is 4.79 Å². The highest BCUT2D eigenvalue weighted by atomic mass is 32.2. The highest BCUT2D eigenvalue weighted by molar-refractivity contribution is 7.99. The molecule has 86 valence electrons. The second-order valence-electron chi connectivity index (χ2n) is 4.74. The predicted octanol–water partition coefficient (Wildman–Crippen LogP) is 1.08. The van der Waals surface area contributed by atoms with E-state index in [2.05, 4.69) is 6.92 Å². The Morgan fingerprint density at radius 2 is 2.27 bits per heavy atom. The first-order chi connectivity index (χ1) is 7.16. The Hall–Kier alpha value is -0.220. The molecular formula is C11H20N2OS. The Morgan fingerprint density at radius 3 is 2.87 bits per heavy atom. The maximum Gasteiger partial charge on any atom is 0.225 e. The number of rotatable bonds is 1. The second-order valence-corrected chi connectivity index (χ2v) is 6.28. The lowest BCUT2D eigenvalue weighted by atomic mass is 10.1. The average molecular weight is 228 g/mol. The molecule has 0 aromatic heterocycles. The van der Waals surface area contributed by atoms with Crippen LogP contribution in [0.25, 0.3) is 0 Å². The average Bonchev–Trinajstić information content (AvgIpc) is 2.64. The van der Waals surface area contributed by atoms with Gasteiger partial charge in [-0.1, -0.05) is 6.92 Å². The van der Waals surface area contributed by atoms with Crippen LogP contribution in [0.15, 0.2) is 0 Å². The maximum atomic E-state index is 12.2. The number of thioether (sulfide) groups is 1. The van der Waals surface area contributed by atoms with Gasteiger partial charge in [0.15, 0.2) is 0 Å². The quantitative estimate of drug-likeness (QED) is 0.730. The molecule has 1 aliphatic heterocycles. The Balaban J connectivity index is 1.89. The smallest absolute Gasteiger partial charge is 0.225 e. The molecule has 1 saturated carbocycles. The largest absolute Gasteiger partial charge is 0.341 e. The normalized spacial score (nSPS) is 36.9. The molecule has 3 nitrogen and oxygen atoms in total. The zero-order valence-electron chi connectivity index (χ0n) is 9.32. The minimum Gasteiger partial charge on any atom is -0.341 e. The van der Waals surface area contributed by atoms with Crippen LogP contribution >= 0.6 is 11.8 Å². The molecule has 2 N–H and O–H groups in total. The third-order valence-electron chi connectivity index (χ3n) is 3.38. The Morgan fingerprint density at radius 1 is 1.47 bits per heavy atom. The van der Waals surface area contributed by atoms with Crippen LogP contribution in [0.5, 0.6) is 0 Å². The van der Waals surface area contributed by atoms with Gasteiger partial charge in [0.2, 0.25) is 5.91 Å². The van der Waals surface area contributed by atoms with Crippen molar-refractivity contribution in [2.24, 2.45) is 11.7 Å². The van der Waals surface area contributed by atoms with Gasteiger partial charge in [0, 0.05) is 36.1 Å². The van der Waals surface area contributed by atoms with Gasteiger partial charge in [-0.2, -0.15) is 11.8 Å². The van der Waals surface area contributed by atoms with Crippen molar-refractivity contribution >= 4 is 17.7 Å². The van der Waals surface area contributed by atoms with Gasteiger partial charge in [-0.05, 0) is 19.3 Å². The molecule has 1 saturated heterocycles. The van der Waals surface area contributed by atoms with E-state index in [9.17, 15) is 4.79 Å². The van der Waals surface area contributed by atoms with Crippen LogP contribution in [0.4, 0.5) is 0 Å². The molecule has 0 radical (unpaired) electrons. The lowest BCUT2D eigenvalue weighted by Crippen LogP contribution is -2.43. The Bertz CT molecular complexity index is 247.